The molecule has 0 aromatic carbocycles. The number of ether oxygens (including phenoxy) is 1. The molecule has 1 saturated heterocycles. The first-order valence-corrected chi connectivity index (χ1v) is 5.44. The molecule has 2 rings (SSSR count). The number of halogens is 3. The molecule has 1 aromatic rings. The third kappa shape index (κ3) is 2.98. The van der Waals surface area contributed by atoms with Gasteiger partial charge in [0.05, 0.1) is 30.5 Å². The number of nitrogens with zero attached hydrogens (tertiary/aromatic N) is 2. The SMILES string of the molecule is NCC1CCC(Cn2cc(C(F)(F)F)cn2)O1. The van der Waals surface area contributed by atoms with E-state index in [1.807, 2.05) is 0 Å². The van der Waals surface area contributed by atoms with Crippen LogP contribution in [0.5, 0.6) is 0 Å². The van der Waals surface area contributed by atoms with E-state index < -0.39 is 11.7 Å². The van der Waals surface area contributed by atoms with E-state index in [2.05, 4.69) is 5.10 Å². The van der Waals surface area contributed by atoms with Crippen LogP contribution in [-0.2, 0) is 17.5 Å². The zero-order valence-corrected chi connectivity index (χ0v) is 9.15. The summed E-state index contributed by atoms with van der Waals surface area (Å²) in [6.45, 7) is 0.788. The molecule has 0 radical (unpaired) electrons. The van der Waals surface area contributed by atoms with Gasteiger partial charge in [0.2, 0.25) is 0 Å². The van der Waals surface area contributed by atoms with E-state index in [1.54, 1.807) is 0 Å². The second-order valence-corrected chi connectivity index (χ2v) is 4.14. The fourth-order valence-electron chi connectivity index (χ4n) is 1.91. The maximum atomic E-state index is 12.3. The molecular formula is C10H14F3N3O. The molecule has 96 valence electrons. The largest absolute Gasteiger partial charge is 0.419 e. The lowest BCUT2D eigenvalue weighted by atomic mass is 10.2. The molecule has 0 bridgehead atoms. The van der Waals surface area contributed by atoms with E-state index in [1.165, 1.54) is 4.68 Å². The molecule has 0 spiro atoms. The number of rotatable bonds is 3. The second kappa shape index (κ2) is 4.66. The van der Waals surface area contributed by atoms with Gasteiger partial charge >= 0.3 is 6.18 Å². The number of alkyl halides is 3. The monoisotopic (exact) mass is 249 g/mol. The Hall–Kier alpha value is -1.08. The Labute approximate surface area is 96.5 Å². The van der Waals surface area contributed by atoms with E-state index in [0.29, 0.717) is 13.1 Å². The molecule has 2 heterocycles. The number of aromatic nitrogens is 2. The van der Waals surface area contributed by atoms with Crippen molar-refractivity contribution in [2.75, 3.05) is 6.54 Å². The summed E-state index contributed by atoms with van der Waals surface area (Å²) in [4.78, 5) is 0. The topological polar surface area (TPSA) is 53.1 Å². The predicted molar refractivity (Wildman–Crippen MR) is 54.2 cm³/mol. The van der Waals surface area contributed by atoms with Gasteiger partial charge in [-0.1, -0.05) is 0 Å². The molecule has 1 fully saturated rings. The summed E-state index contributed by atoms with van der Waals surface area (Å²) >= 11 is 0. The Morgan fingerprint density at radius 3 is 2.65 bits per heavy atom. The van der Waals surface area contributed by atoms with Crippen molar-refractivity contribution in [1.82, 2.24) is 9.78 Å². The minimum absolute atomic E-state index is 0.0256. The molecular weight excluding hydrogens is 235 g/mol. The number of nitrogens with two attached hydrogens (primary N) is 1. The Bertz CT molecular complexity index is 377. The molecule has 17 heavy (non-hydrogen) atoms. The summed E-state index contributed by atoms with van der Waals surface area (Å²) in [6.07, 6.45) is -0.914. The van der Waals surface area contributed by atoms with Crippen LogP contribution in [0.2, 0.25) is 0 Å². The first-order valence-electron chi connectivity index (χ1n) is 5.44. The van der Waals surface area contributed by atoms with Gasteiger partial charge in [-0.2, -0.15) is 18.3 Å². The lowest BCUT2D eigenvalue weighted by Crippen LogP contribution is -2.23. The summed E-state index contributed by atoms with van der Waals surface area (Å²) in [5.74, 6) is 0. The maximum Gasteiger partial charge on any atom is 0.419 e. The van der Waals surface area contributed by atoms with Gasteiger partial charge in [0.15, 0.2) is 0 Å². The highest BCUT2D eigenvalue weighted by Crippen LogP contribution is 2.29. The van der Waals surface area contributed by atoms with Gasteiger partial charge in [-0.25, -0.2) is 0 Å². The first kappa shape index (κ1) is 12.4. The van der Waals surface area contributed by atoms with Crippen LogP contribution >= 0.6 is 0 Å². The van der Waals surface area contributed by atoms with E-state index in [4.69, 9.17) is 10.5 Å². The lowest BCUT2D eigenvalue weighted by Gasteiger charge is -2.12. The van der Waals surface area contributed by atoms with Gasteiger partial charge in [0.25, 0.3) is 0 Å². The zero-order valence-electron chi connectivity index (χ0n) is 9.15. The normalized spacial score (nSPS) is 25.4. The number of hydrogen-bond acceptors (Lipinski definition) is 3. The average Bonchev–Trinajstić information content (AvgIpc) is 2.86. The number of hydrogen-bond donors (Lipinski definition) is 1. The Morgan fingerprint density at radius 2 is 2.12 bits per heavy atom. The second-order valence-electron chi connectivity index (χ2n) is 4.14. The van der Waals surface area contributed by atoms with Gasteiger partial charge in [-0.05, 0) is 12.8 Å². The highest BCUT2D eigenvalue weighted by molar-refractivity contribution is 5.08. The van der Waals surface area contributed by atoms with Gasteiger partial charge in [0, 0.05) is 12.7 Å². The van der Waals surface area contributed by atoms with Crippen molar-refractivity contribution in [1.29, 1.82) is 0 Å². The fourth-order valence-corrected chi connectivity index (χ4v) is 1.91. The summed E-state index contributed by atoms with van der Waals surface area (Å²) in [5, 5.41) is 3.68. The molecule has 1 aliphatic heterocycles. The average molecular weight is 249 g/mol. The predicted octanol–water partition coefficient (Wildman–Crippen LogP) is 1.41. The maximum absolute atomic E-state index is 12.3. The van der Waals surface area contributed by atoms with Crippen molar-refractivity contribution >= 4 is 0 Å². The minimum atomic E-state index is -4.34. The van der Waals surface area contributed by atoms with E-state index in [-0.39, 0.29) is 12.2 Å². The van der Waals surface area contributed by atoms with Crippen molar-refractivity contribution < 1.29 is 17.9 Å². The molecule has 1 aliphatic rings. The minimum Gasteiger partial charge on any atom is -0.372 e. The van der Waals surface area contributed by atoms with Crippen molar-refractivity contribution in [2.45, 2.75) is 37.8 Å². The molecule has 0 aliphatic carbocycles. The summed E-state index contributed by atoms with van der Waals surface area (Å²) in [7, 11) is 0. The molecule has 0 saturated carbocycles. The third-order valence-electron chi connectivity index (χ3n) is 2.81. The summed E-state index contributed by atoms with van der Waals surface area (Å²) < 4.78 is 43.8. The molecule has 2 atom stereocenters. The van der Waals surface area contributed by atoms with Crippen molar-refractivity contribution in [2.24, 2.45) is 5.73 Å². The van der Waals surface area contributed by atoms with Crippen LogP contribution in [0.1, 0.15) is 18.4 Å². The molecule has 4 nitrogen and oxygen atoms in total. The van der Waals surface area contributed by atoms with Gasteiger partial charge in [0.1, 0.15) is 0 Å². The van der Waals surface area contributed by atoms with Crippen molar-refractivity contribution in [3.8, 4) is 0 Å². The van der Waals surface area contributed by atoms with Crippen molar-refractivity contribution in [3.63, 3.8) is 0 Å². The molecule has 2 unspecified atom stereocenters. The van der Waals surface area contributed by atoms with Crippen LogP contribution in [0, 0.1) is 0 Å². The molecule has 0 amide bonds. The van der Waals surface area contributed by atoms with Crippen molar-refractivity contribution in [3.05, 3.63) is 18.0 Å². The standard InChI is InChI=1S/C10H14F3N3O/c11-10(12,13)7-4-15-16(5-7)6-9-2-1-8(3-14)17-9/h4-5,8-9H,1-3,6,14H2. The highest BCUT2D eigenvalue weighted by Gasteiger charge is 2.32. The van der Waals surface area contributed by atoms with E-state index in [9.17, 15) is 13.2 Å². The first-order chi connectivity index (χ1) is 7.99. The summed E-state index contributed by atoms with van der Waals surface area (Å²) in [5.41, 5.74) is 4.72. The van der Waals surface area contributed by atoms with Crippen LogP contribution in [0.4, 0.5) is 13.2 Å². The molecule has 1 aromatic heterocycles. The van der Waals surface area contributed by atoms with E-state index in [0.717, 1.165) is 25.2 Å². The van der Waals surface area contributed by atoms with Gasteiger partial charge in [-0.15, -0.1) is 0 Å². The Morgan fingerprint density at radius 1 is 1.41 bits per heavy atom. The zero-order chi connectivity index (χ0) is 12.5. The lowest BCUT2D eigenvalue weighted by molar-refractivity contribution is -0.137. The van der Waals surface area contributed by atoms with Gasteiger partial charge < -0.3 is 10.5 Å². The van der Waals surface area contributed by atoms with Crippen LogP contribution in [0.25, 0.3) is 0 Å². The Kier molecular flexibility index (Phi) is 3.39. The fraction of sp³-hybridized carbons (Fsp3) is 0.700. The summed E-state index contributed by atoms with van der Waals surface area (Å²) in [6, 6.07) is 0. The van der Waals surface area contributed by atoms with Crippen LogP contribution in [-0.4, -0.2) is 28.5 Å². The third-order valence-corrected chi connectivity index (χ3v) is 2.81. The molecule has 2 N–H and O–H groups in total. The smallest absolute Gasteiger partial charge is 0.372 e. The van der Waals surface area contributed by atoms with Crippen LogP contribution in [0.3, 0.4) is 0 Å². The Balaban J connectivity index is 1.94. The highest BCUT2D eigenvalue weighted by atomic mass is 19.4. The van der Waals surface area contributed by atoms with E-state index >= 15 is 0 Å². The quantitative estimate of drug-likeness (QED) is 0.881. The molecule has 7 heteroatoms. The van der Waals surface area contributed by atoms with Crippen LogP contribution in [0.15, 0.2) is 12.4 Å². The van der Waals surface area contributed by atoms with Gasteiger partial charge in [-0.3, -0.25) is 4.68 Å². The van der Waals surface area contributed by atoms with Crippen LogP contribution < -0.4 is 5.73 Å².